The van der Waals surface area contributed by atoms with Crippen molar-refractivity contribution in [3.05, 3.63) is 72.6 Å². The van der Waals surface area contributed by atoms with E-state index in [-0.39, 0.29) is 5.82 Å². The highest BCUT2D eigenvalue weighted by Crippen LogP contribution is 2.29. The molecule has 4 heterocycles. The van der Waals surface area contributed by atoms with Crippen molar-refractivity contribution in [1.29, 1.82) is 0 Å². The SMILES string of the molecule is FC(F)(F)c1nc(-c2ccc(CNc3cccc(-c4cccnc4)n3)nc2)no1. The topological polar surface area (TPSA) is 89.6 Å². The van der Waals surface area contributed by atoms with Gasteiger partial charge in [-0.1, -0.05) is 11.2 Å². The molecule has 0 aliphatic heterocycles. The van der Waals surface area contributed by atoms with Gasteiger partial charge in [-0.25, -0.2) is 4.98 Å². The number of pyridine rings is 3. The van der Waals surface area contributed by atoms with Gasteiger partial charge in [0.15, 0.2) is 0 Å². The molecule has 0 aliphatic carbocycles. The van der Waals surface area contributed by atoms with Gasteiger partial charge in [0.05, 0.1) is 17.9 Å². The zero-order valence-corrected chi connectivity index (χ0v) is 14.8. The molecule has 0 aliphatic rings. The van der Waals surface area contributed by atoms with Crippen LogP contribution in [-0.4, -0.2) is 25.1 Å². The molecule has 7 nitrogen and oxygen atoms in total. The third-order valence-corrected chi connectivity index (χ3v) is 3.91. The summed E-state index contributed by atoms with van der Waals surface area (Å²) in [6, 6.07) is 12.6. The Bertz CT molecular complexity index is 1100. The summed E-state index contributed by atoms with van der Waals surface area (Å²) in [6.45, 7) is 0.379. The van der Waals surface area contributed by atoms with E-state index >= 15 is 0 Å². The fourth-order valence-corrected chi connectivity index (χ4v) is 2.51. The average molecular weight is 398 g/mol. The van der Waals surface area contributed by atoms with Crippen LogP contribution in [0.4, 0.5) is 19.0 Å². The molecule has 146 valence electrons. The maximum absolute atomic E-state index is 12.5. The van der Waals surface area contributed by atoms with Crippen LogP contribution in [0.5, 0.6) is 0 Å². The summed E-state index contributed by atoms with van der Waals surface area (Å²) in [7, 11) is 0. The van der Waals surface area contributed by atoms with E-state index in [0.29, 0.717) is 23.6 Å². The minimum atomic E-state index is -4.68. The van der Waals surface area contributed by atoms with Gasteiger partial charge >= 0.3 is 12.1 Å². The summed E-state index contributed by atoms with van der Waals surface area (Å²) in [4.78, 5) is 16.2. The molecule has 0 saturated heterocycles. The van der Waals surface area contributed by atoms with Crippen molar-refractivity contribution in [1.82, 2.24) is 25.1 Å². The van der Waals surface area contributed by atoms with Gasteiger partial charge in [0.25, 0.3) is 0 Å². The first kappa shape index (κ1) is 18.5. The van der Waals surface area contributed by atoms with Gasteiger partial charge in [-0.05, 0) is 36.4 Å². The molecule has 0 fully saturated rings. The van der Waals surface area contributed by atoms with Crippen molar-refractivity contribution in [3.8, 4) is 22.6 Å². The van der Waals surface area contributed by atoms with Crippen LogP contribution in [0, 0.1) is 0 Å². The second-order valence-electron chi connectivity index (χ2n) is 5.96. The lowest BCUT2D eigenvalue weighted by molar-refractivity contribution is -0.159. The molecule has 0 spiro atoms. The first-order valence-electron chi connectivity index (χ1n) is 8.46. The highest BCUT2D eigenvalue weighted by Gasteiger charge is 2.38. The first-order valence-corrected chi connectivity index (χ1v) is 8.46. The van der Waals surface area contributed by atoms with Gasteiger partial charge in [0, 0.05) is 29.7 Å². The van der Waals surface area contributed by atoms with Crippen molar-refractivity contribution in [3.63, 3.8) is 0 Å². The number of nitrogens with one attached hydrogen (secondary N) is 1. The van der Waals surface area contributed by atoms with E-state index in [1.165, 1.54) is 6.20 Å². The minimum absolute atomic E-state index is 0.171. The van der Waals surface area contributed by atoms with Gasteiger partial charge in [-0.2, -0.15) is 18.2 Å². The fourth-order valence-electron chi connectivity index (χ4n) is 2.51. The molecule has 4 rings (SSSR count). The van der Waals surface area contributed by atoms with Crippen molar-refractivity contribution in [2.24, 2.45) is 0 Å². The number of alkyl halides is 3. The van der Waals surface area contributed by atoms with E-state index in [1.54, 1.807) is 24.5 Å². The Hall–Kier alpha value is -3.82. The first-order chi connectivity index (χ1) is 14.0. The molecule has 0 bridgehead atoms. The maximum Gasteiger partial charge on any atom is 0.471 e. The molecule has 29 heavy (non-hydrogen) atoms. The lowest BCUT2D eigenvalue weighted by Gasteiger charge is -2.07. The summed E-state index contributed by atoms with van der Waals surface area (Å²) in [5, 5.41) is 6.50. The number of hydrogen-bond donors (Lipinski definition) is 1. The summed E-state index contributed by atoms with van der Waals surface area (Å²) in [5.41, 5.74) is 2.67. The van der Waals surface area contributed by atoms with E-state index < -0.39 is 12.1 Å². The van der Waals surface area contributed by atoms with Crippen LogP contribution in [-0.2, 0) is 12.7 Å². The monoisotopic (exact) mass is 398 g/mol. The van der Waals surface area contributed by atoms with Gasteiger partial charge < -0.3 is 9.84 Å². The molecule has 0 unspecified atom stereocenters. The molecule has 10 heteroatoms. The van der Waals surface area contributed by atoms with E-state index in [9.17, 15) is 13.2 Å². The Morgan fingerprint density at radius 3 is 2.52 bits per heavy atom. The molecule has 0 aromatic carbocycles. The van der Waals surface area contributed by atoms with Crippen LogP contribution >= 0.6 is 0 Å². The molecule has 0 amide bonds. The molecule has 0 atom stereocenters. The second-order valence-corrected chi connectivity index (χ2v) is 5.96. The molecular formula is C19H13F3N6O. The predicted octanol–water partition coefficient (Wildman–Crippen LogP) is 4.22. The van der Waals surface area contributed by atoms with Crippen LogP contribution in [0.1, 0.15) is 11.6 Å². The summed E-state index contributed by atoms with van der Waals surface area (Å²) < 4.78 is 41.9. The lowest BCUT2D eigenvalue weighted by Crippen LogP contribution is -2.05. The van der Waals surface area contributed by atoms with Gasteiger partial charge in [-0.3, -0.25) is 9.97 Å². The van der Waals surface area contributed by atoms with E-state index in [2.05, 4.69) is 34.9 Å². The normalized spacial score (nSPS) is 11.4. The van der Waals surface area contributed by atoms with Crippen LogP contribution in [0.3, 0.4) is 0 Å². The molecule has 0 saturated carbocycles. The Labute approximate surface area is 162 Å². The fraction of sp³-hybridized carbons (Fsp3) is 0.105. The van der Waals surface area contributed by atoms with Crippen LogP contribution in [0.15, 0.2) is 65.6 Å². The van der Waals surface area contributed by atoms with Crippen molar-refractivity contribution < 1.29 is 17.7 Å². The average Bonchev–Trinajstić information content (AvgIpc) is 3.24. The standard InChI is InChI=1S/C19H13F3N6O/c20-19(21,22)18-27-17(28-29-18)13-6-7-14(24-10-13)11-25-16-5-1-4-15(26-16)12-3-2-8-23-9-12/h1-10H,11H2,(H,25,26). The van der Waals surface area contributed by atoms with Gasteiger partial charge in [-0.15, -0.1) is 0 Å². The molecule has 4 aromatic rings. The third kappa shape index (κ3) is 4.37. The second kappa shape index (κ2) is 7.66. The number of rotatable bonds is 5. The van der Waals surface area contributed by atoms with E-state index in [1.807, 2.05) is 30.3 Å². The Kier molecular flexibility index (Phi) is 4.90. The Morgan fingerprint density at radius 2 is 1.83 bits per heavy atom. The lowest BCUT2D eigenvalue weighted by atomic mass is 10.2. The summed E-state index contributed by atoms with van der Waals surface area (Å²) in [6.07, 6.45) is 0.134. The van der Waals surface area contributed by atoms with Crippen molar-refractivity contribution in [2.75, 3.05) is 5.32 Å². The third-order valence-electron chi connectivity index (χ3n) is 3.91. The zero-order chi connectivity index (χ0) is 20.3. The Morgan fingerprint density at radius 1 is 0.931 bits per heavy atom. The molecule has 4 aromatic heterocycles. The number of hydrogen-bond acceptors (Lipinski definition) is 7. The van der Waals surface area contributed by atoms with E-state index in [0.717, 1.165) is 11.3 Å². The van der Waals surface area contributed by atoms with Gasteiger partial charge in [0.2, 0.25) is 5.82 Å². The number of halogens is 3. The number of nitrogens with zero attached hydrogens (tertiary/aromatic N) is 5. The zero-order valence-electron chi connectivity index (χ0n) is 14.8. The van der Waals surface area contributed by atoms with Crippen molar-refractivity contribution >= 4 is 5.82 Å². The smallest absolute Gasteiger partial charge is 0.364 e. The van der Waals surface area contributed by atoms with Crippen LogP contribution in [0.2, 0.25) is 0 Å². The van der Waals surface area contributed by atoms with E-state index in [4.69, 9.17) is 0 Å². The van der Waals surface area contributed by atoms with Gasteiger partial charge in [0.1, 0.15) is 5.82 Å². The molecular weight excluding hydrogens is 385 g/mol. The Balaban J connectivity index is 1.43. The largest absolute Gasteiger partial charge is 0.471 e. The highest BCUT2D eigenvalue weighted by molar-refractivity contribution is 5.60. The van der Waals surface area contributed by atoms with Crippen LogP contribution < -0.4 is 5.32 Å². The van der Waals surface area contributed by atoms with Crippen molar-refractivity contribution in [2.45, 2.75) is 12.7 Å². The summed E-state index contributed by atoms with van der Waals surface area (Å²) >= 11 is 0. The number of aromatic nitrogens is 5. The summed E-state index contributed by atoms with van der Waals surface area (Å²) in [5.74, 6) is -0.904. The maximum atomic E-state index is 12.5. The minimum Gasteiger partial charge on any atom is -0.364 e. The predicted molar refractivity (Wildman–Crippen MR) is 97.3 cm³/mol. The quantitative estimate of drug-likeness (QED) is 0.538. The molecule has 1 N–H and O–H groups in total. The number of anilines is 1. The van der Waals surface area contributed by atoms with Crippen LogP contribution in [0.25, 0.3) is 22.6 Å². The molecule has 0 radical (unpaired) electrons. The highest BCUT2D eigenvalue weighted by atomic mass is 19.4.